The molecule has 5 heterocycles. The van der Waals surface area contributed by atoms with E-state index in [1.54, 1.807) is 31.1 Å². The second-order valence-electron chi connectivity index (χ2n) is 9.19. The van der Waals surface area contributed by atoms with Gasteiger partial charge in [0, 0.05) is 18.4 Å². The van der Waals surface area contributed by atoms with Gasteiger partial charge in [0.1, 0.15) is 24.6 Å². The lowest BCUT2D eigenvalue weighted by atomic mass is 10.1. The first-order chi connectivity index (χ1) is 16.1. The van der Waals surface area contributed by atoms with Crippen LogP contribution in [0.5, 0.6) is 0 Å². The van der Waals surface area contributed by atoms with Crippen LogP contribution in [0.4, 0.5) is 5.82 Å². The van der Waals surface area contributed by atoms with Crippen LogP contribution in [-0.4, -0.2) is 59.6 Å². The van der Waals surface area contributed by atoms with Crippen molar-refractivity contribution in [1.82, 2.24) is 29.5 Å². The van der Waals surface area contributed by atoms with Crippen molar-refractivity contribution in [3.8, 4) is 0 Å². The van der Waals surface area contributed by atoms with E-state index in [1.807, 2.05) is 30.6 Å². The van der Waals surface area contributed by atoms with Crippen LogP contribution in [-0.2, 0) is 14.2 Å². The maximum atomic E-state index is 6.42. The molecule has 0 aromatic carbocycles. The summed E-state index contributed by atoms with van der Waals surface area (Å²) < 4.78 is 20.8. The highest BCUT2D eigenvalue weighted by Crippen LogP contribution is 2.44. The minimum absolute atomic E-state index is 0.277. The molecule has 1 N–H and O–H groups in total. The number of rotatable bonds is 5. The van der Waals surface area contributed by atoms with E-state index >= 15 is 0 Å². The standard InChI is InChI=1S/C23H27N7O3/c1-23(2)32-18-15(8-9-16-24-10-5-11-25-16)31-22(19(18)33-23)30-13-28-17-20(26-12-27-21(17)30)29-14-6-3-4-7-14/h5,8-15,18-19,22H,3-4,6-7H2,1-2H3,(H,26,27,29). The molecule has 0 bridgehead atoms. The number of hydrogen-bond donors (Lipinski definition) is 1. The molecule has 0 radical (unpaired) electrons. The summed E-state index contributed by atoms with van der Waals surface area (Å²) in [6.45, 7) is 3.84. The third-order valence-electron chi connectivity index (χ3n) is 6.41. The maximum Gasteiger partial charge on any atom is 0.167 e. The SMILES string of the molecule is CC1(C)OC2C(C=Cc3ncccn3)OC(n3cnc4c(NC5CCCC5)ncnc43)C2O1. The van der Waals surface area contributed by atoms with Gasteiger partial charge in [0.2, 0.25) is 0 Å². The van der Waals surface area contributed by atoms with Gasteiger partial charge in [-0.1, -0.05) is 12.8 Å². The summed E-state index contributed by atoms with van der Waals surface area (Å²) in [5, 5.41) is 3.55. The summed E-state index contributed by atoms with van der Waals surface area (Å²) in [5.41, 5.74) is 1.44. The number of hydrogen-bond acceptors (Lipinski definition) is 9. The molecule has 172 valence electrons. The van der Waals surface area contributed by atoms with Crippen molar-refractivity contribution in [1.29, 1.82) is 0 Å². The smallest absolute Gasteiger partial charge is 0.167 e. The lowest BCUT2D eigenvalue weighted by Gasteiger charge is -2.24. The Morgan fingerprint density at radius 3 is 2.64 bits per heavy atom. The molecule has 3 fully saturated rings. The summed E-state index contributed by atoms with van der Waals surface area (Å²) >= 11 is 0. The molecule has 33 heavy (non-hydrogen) atoms. The monoisotopic (exact) mass is 449 g/mol. The second-order valence-corrected chi connectivity index (χ2v) is 9.19. The van der Waals surface area contributed by atoms with Crippen molar-refractivity contribution < 1.29 is 14.2 Å². The summed E-state index contributed by atoms with van der Waals surface area (Å²) in [5.74, 6) is 0.664. The molecule has 2 saturated heterocycles. The van der Waals surface area contributed by atoms with Gasteiger partial charge in [-0.15, -0.1) is 0 Å². The molecule has 2 aliphatic heterocycles. The fraction of sp³-hybridized carbons (Fsp3) is 0.522. The van der Waals surface area contributed by atoms with Crippen molar-refractivity contribution in [2.45, 2.75) is 75.9 Å². The van der Waals surface area contributed by atoms with E-state index in [1.165, 1.54) is 12.8 Å². The summed E-state index contributed by atoms with van der Waals surface area (Å²) in [6, 6.07) is 2.22. The first-order valence-electron chi connectivity index (χ1n) is 11.5. The van der Waals surface area contributed by atoms with Crippen LogP contribution in [0.1, 0.15) is 51.6 Å². The Balaban J connectivity index is 1.31. The largest absolute Gasteiger partial charge is 0.365 e. The Hall–Kier alpha value is -2.95. The highest BCUT2D eigenvalue weighted by atomic mass is 16.8. The Bertz CT molecular complexity index is 1160. The minimum atomic E-state index is -0.715. The van der Waals surface area contributed by atoms with E-state index < -0.39 is 12.0 Å². The van der Waals surface area contributed by atoms with Gasteiger partial charge in [-0.25, -0.2) is 24.9 Å². The van der Waals surface area contributed by atoms with Crippen molar-refractivity contribution >= 4 is 23.1 Å². The third kappa shape index (κ3) is 3.88. The van der Waals surface area contributed by atoms with Gasteiger partial charge in [-0.05, 0) is 44.9 Å². The number of nitrogens with zero attached hydrogens (tertiary/aromatic N) is 6. The van der Waals surface area contributed by atoms with Crippen molar-refractivity contribution in [2.24, 2.45) is 0 Å². The number of ether oxygens (including phenoxy) is 3. The molecule has 1 saturated carbocycles. The number of nitrogens with one attached hydrogen (secondary N) is 1. The van der Waals surface area contributed by atoms with Crippen LogP contribution in [0.25, 0.3) is 17.2 Å². The topological polar surface area (TPSA) is 109 Å². The van der Waals surface area contributed by atoms with E-state index in [0.717, 1.165) is 24.2 Å². The molecule has 3 aromatic heterocycles. The molecular formula is C23H27N7O3. The summed E-state index contributed by atoms with van der Waals surface area (Å²) in [6.07, 6.45) is 13.9. The third-order valence-corrected chi connectivity index (χ3v) is 6.41. The average molecular weight is 450 g/mol. The van der Waals surface area contributed by atoms with Gasteiger partial charge in [0.25, 0.3) is 0 Å². The predicted octanol–water partition coefficient (Wildman–Crippen LogP) is 3.10. The van der Waals surface area contributed by atoms with Gasteiger partial charge >= 0.3 is 0 Å². The van der Waals surface area contributed by atoms with Gasteiger partial charge < -0.3 is 19.5 Å². The van der Waals surface area contributed by atoms with E-state index in [4.69, 9.17) is 14.2 Å². The van der Waals surface area contributed by atoms with Crippen LogP contribution in [0.15, 0.2) is 37.2 Å². The molecule has 0 amide bonds. The molecule has 0 spiro atoms. The zero-order chi connectivity index (χ0) is 22.4. The highest BCUT2D eigenvalue weighted by molar-refractivity contribution is 5.82. The van der Waals surface area contributed by atoms with E-state index in [-0.39, 0.29) is 18.3 Å². The van der Waals surface area contributed by atoms with Crippen molar-refractivity contribution in [3.05, 3.63) is 43.0 Å². The molecule has 4 atom stereocenters. The molecule has 4 unspecified atom stereocenters. The highest BCUT2D eigenvalue weighted by Gasteiger charge is 2.55. The fourth-order valence-electron chi connectivity index (χ4n) is 4.97. The molecule has 6 rings (SSSR count). The van der Waals surface area contributed by atoms with E-state index in [0.29, 0.717) is 17.5 Å². The maximum absolute atomic E-state index is 6.42. The van der Waals surface area contributed by atoms with Crippen molar-refractivity contribution in [2.75, 3.05) is 5.32 Å². The lowest BCUT2D eigenvalue weighted by molar-refractivity contribution is -0.191. The summed E-state index contributed by atoms with van der Waals surface area (Å²) in [7, 11) is 0. The summed E-state index contributed by atoms with van der Waals surface area (Å²) in [4.78, 5) is 22.1. The van der Waals surface area contributed by atoms with Crippen LogP contribution in [0.2, 0.25) is 0 Å². The first kappa shape index (κ1) is 20.6. The van der Waals surface area contributed by atoms with Crippen molar-refractivity contribution in [3.63, 3.8) is 0 Å². The zero-order valence-electron chi connectivity index (χ0n) is 18.7. The number of anilines is 1. The molecule has 10 nitrogen and oxygen atoms in total. The Morgan fingerprint density at radius 2 is 1.82 bits per heavy atom. The Kier molecular flexibility index (Phi) is 5.08. The number of fused-ring (bicyclic) bond motifs is 2. The second kappa shape index (κ2) is 8.12. The average Bonchev–Trinajstić information content (AvgIpc) is 3.58. The van der Waals surface area contributed by atoms with Crippen LogP contribution in [0.3, 0.4) is 0 Å². The normalized spacial score (nSPS) is 29.3. The molecule has 1 aliphatic carbocycles. The minimum Gasteiger partial charge on any atom is -0.365 e. The van der Waals surface area contributed by atoms with E-state index in [9.17, 15) is 0 Å². The zero-order valence-corrected chi connectivity index (χ0v) is 18.7. The van der Waals surface area contributed by atoms with Crippen LogP contribution >= 0.6 is 0 Å². The quantitative estimate of drug-likeness (QED) is 0.628. The van der Waals surface area contributed by atoms with Gasteiger partial charge in [-0.3, -0.25) is 4.57 Å². The van der Waals surface area contributed by atoms with Crippen LogP contribution in [0, 0.1) is 0 Å². The Morgan fingerprint density at radius 1 is 1.03 bits per heavy atom. The van der Waals surface area contributed by atoms with Gasteiger partial charge in [0.05, 0.1) is 6.33 Å². The molecule has 3 aromatic rings. The van der Waals surface area contributed by atoms with Gasteiger partial charge in [-0.2, -0.15) is 0 Å². The molecular weight excluding hydrogens is 422 g/mol. The predicted molar refractivity (Wildman–Crippen MR) is 120 cm³/mol. The number of imidazole rings is 1. The lowest BCUT2D eigenvalue weighted by Crippen LogP contribution is -2.28. The molecule has 3 aliphatic rings. The van der Waals surface area contributed by atoms with Crippen LogP contribution < -0.4 is 5.32 Å². The first-order valence-corrected chi connectivity index (χ1v) is 11.5. The molecule has 10 heteroatoms. The Labute approximate surface area is 191 Å². The number of aromatic nitrogens is 6. The van der Waals surface area contributed by atoms with E-state index in [2.05, 4.69) is 30.2 Å². The fourth-order valence-corrected chi connectivity index (χ4v) is 4.97. The van der Waals surface area contributed by atoms with Gasteiger partial charge in [0.15, 0.2) is 34.8 Å².